The summed E-state index contributed by atoms with van der Waals surface area (Å²) in [5.41, 5.74) is -0.211. The molecule has 0 radical (unpaired) electrons. The van der Waals surface area contributed by atoms with Crippen molar-refractivity contribution in [1.82, 2.24) is 9.55 Å². The van der Waals surface area contributed by atoms with Gasteiger partial charge in [-0.25, -0.2) is 9.78 Å². The van der Waals surface area contributed by atoms with E-state index in [1.165, 1.54) is 10.9 Å². The summed E-state index contributed by atoms with van der Waals surface area (Å²) in [6, 6.07) is 4.75. The molecule has 0 amide bonds. The lowest BCUT2D eigenvalue weighted by Crippen LogP contribution is -2.19. The minimum Gasteiger partial charge on any atom is -0.442 e. The number of carbonyl (C=O) groups excluding carboxylic acids is 1. The first kappa shape index (κ1) is 15.8. The number of esters is 1. The van der Waals surface area contributed by atoms with Gasteiger partial charge in [-0.2, -0.15) is 0 Å². The average Bonchev–Trinajstić information content (AvgIpc) is 2.83. The van der Waals surface area contributed by atoms with Gasteiger partial charge in [-0.3, -0.25) is 4.79 Å². The van der Waals surface area contributed by atoms with Gasteiger partial charge in [-0.05, 0) is 41.1 Å². The summed E-state index contributed by atoms with van der Waals surface area (Å²) in [7, 11) is 1.54. The second-order valence-corrected chi connectivity index (χ2v) is 6.13. The summed E-state index contributed by atoms with van der Waals surface area (Å²) < 4.78 is 12.5. The number of halogens is 2. The molecule has 0 atom stereocenters. The highest BCUT2D eigenvalue weighted by Gasteiger charge is 2.24. The zero-order valence-electron chi connectivity index (χ0n) is 12.1. The Kier molecular flexibility index (Phi) is 3.99. The Morgan fingerprint density at radius 1 is 1.43 bits per heavy atom. The first-order valence-electron chi connectivity index (χ1n) is 6.50. The van der Waals surface area contributed by atoms with E-state index in [2.05, 4.69) is 20.9 Å². The molecule has 118 valence electrons. The highest BCUT2D eigenvalue weighted by atomic mass is 79.9. The van der Waals surface area contributed by atoms with Gasteiger partial charge in [0.05, 0.1) is 4.47 Å². The van der Waals surface area contributed by atoms with E-state index in [0.717, 1.165) is 0 Å². The minimum atomic E-state index is -0.700. The van der Waals surface area contributed by atoms with Crippen LogP contribution in [0.2, 0.25) is 5.02 Å². The quantitative estimate of drug-likeness (QED) is 0.489. The van der Waals surface area contributed by atoms with Crippen LogP contribution < -0.4 is 10.3 Å². The van der Waals surface area contributed by atoms with Crippen LogP contribution in [0.4, 0.5) is 0 Å². The van der Waals surface area contributed by atoms with Crippen LogP contribution in [-0.2, 0) is 7.05 Å². The number of hydrogen-bond acceptors (Lipinski definition) is 5. The number of nitrogens with zero attached hydrogens (tertiary/aromatic N) is 2. The number of aromatic nitrogens is 2. The molecule has 0 saturated carbocycles. The van der Waals surface area contributed by atoms with Crippen molar-refractivity contribution in [2.45, 2.75) is 6.92 Å². The summed E-state index contributed by atoms with van der Waals surface area (Å²) in [5, 5.41) is 0.599. The third kappa shape index (κ3) is 2.77. The first-order valence-corrected chi connectivity index (χ1v) is 7.67. The fourth-order valence-corrected chi connectivity index (χ4v) is 2.91. The van der Waals surface area contributed by atoms with Gasteiger partial charge in [0.1, 0.15) is 28.8 Å². The molecular weight excluding hydrogens is 388 g/mol. The molecular formula is C15H10BrClN2O4. The molecule has 8 heteroatoms. The third-order valence-corrected chi connectivity index (χ3v) is 4.10. The summed E-state index contributed by atoms with van der Waals surface area (Å²) in [6.45, 7) is 1.58. The Morgan fingerprint density at radius 2 is 2.17 bits per heavy atom. The van der Waals surface area contributed by atoms with E-state index in [-0.39, 0.29) is 33.7 Å². The normalized spacial score (nSPS) is 11.0. The van der Waals surface area contributed by atoms with Crippen LogP contribution in [0, 0.1) is 6.92 Å². The molecule has 2 heterocycles. The second kappa shape index (κ2) is 5.82. The fraction of sp³-hybridized carbons (Fsp3) is 0.133. The van der Waals surface area contributed by atoms with E-state index in [1.807, 2.05) is 0 Å². The van der Waals surface area contributed by atoms with Crippen LogP contribution in [-0.4, -0.2) is 15.5 Å². The molecule has 0 aliphatic heterocycles. The number of aryl methyl sites for hydroxylation is 2. The Balaban J connectivity index is 2.09. The zero-order chi connectivity index (χ0) is 16.7. The number of ether oxygens (including phenoxy) is 1. The van der Waals surface area contributed by atoms with Crippen molar-refractivity contribution < 1.29 is 13.9 Å². The van der Waals surface area contributed by atoms with Crippen molar-refractivity contribution in [3.05, 3.63) is 55.7 Å². The van der Waals surface area contributed by atoms with Gasteiger partial charge < -0.3 is 13.7 Å². The van der Waals surface area contributed by atoms with Crippen LogP contribution in [0.3, 0.4) is 0 Å². The van der Waals surface area contributed by atoms with E-state index in [0.29, 0.717) is 9.50 Å². The Labute approximate surface area is 143 Å². The molecule has 0 spiro atoms. The van der Waals surface area contributed by atoms with Crippen molar-refractivity contribution in [3.8, 4) is 5.75 Å². The Hall–Kier alpha value is -2.12. The van der Waals surface area contributed by atoms with Crippen LogP contribution >= 0.6 is 27.5 Å². The van der Waals surface area contributed by atoms with Crippen molar-refractivity contribution >= 4 is 44.6 Å². The highest BCUT2D eigenvalue weighted by Crippen LogP contribution is 2.30. The van der Waals surface area contributed by atoms with Crippen molar-refractivity contribution in [2.75, 3.05) is 0 Å². The highest BCUT2D eigenvalue weighted by molar-refractivity contribution is 9.10. The number of fused-ring (bicyclic) bond motifs is 1. The summed E-state index contributed by atoms with van der Waals surface area (Å²) >= 11 is 9.13. The second-order valence-electron chi connectivity index (χ2n) is 4.84. The first-order chi connectivity index (χ1) is 10.9. The van der Waals surface area contributed by atoms with E-state index >= 15 is 0 Å². The lowest BCUT2D eigenvalue weighted by Gasteiger charge is -2.06. The predicted molar refractivity (Wildman–Crippen MR) is 88.1 cm³/mol. The van der Waals surface area contributed by atoms with Crippen LogP contribution in [0.15, 0.2) is 38.2 Å². The average molecular weight is 398 g/mol. The molecule has 0 unspecified atom stereocenters. The maximum absolute atomic E-state index is 12.5. The lowest BCUT2D eigenvalue weighted by molar-refractivity contribution is 0.0733. The molecule has 23 heavy (non-hydrogen) atoms. The monoisotopic (exact) mass is 396 g/mol. The molecule has 0 N–H and O–H groups in total. The molecule has 1 aromatic carbocycles. The van der Waals surface area contributed by atoms with E-state index in [9.17, 15) is 9.59 Å². The van der Waals surface area contributed by atoms with E-state index in [4.69, 9.17) is 20.8 Å². The number of rotatable bonds is 2. The minimum absolute atomic E-state index is 0.0653. The molecule has 6 nitrogen and oxygen atoms in total. The van der Waals surface area contributed by atoms with Gasteiger partial charge in [-0.15, -0.1) is 0 Å². The van der Waals surface area contributed by atoms with Gasteiger partial charge in [0.2, 0.25) is 5.71 Å². The van der Waals surface area contributed by atoms with Crippen LogP contribution in [0.25, 0.3) is 11.1 Å². The van der Waals surface area contributed by atoms with Gasteiger partial charge in [0, 0.05) is 12.1 Å². The topological polar surface area (TPSA) is 74.3 Å². The Bertz CT molecular complexity index is 993. The van der Waals surface area contributed by atoms with E-state index < -0.39 is 5.97 Å². The smallest absolute Gasteiger partial charge is 0.348 e. The summed E-state index contributed by atoms with van der Waals surface area (Å²) in [5.74, 6) is -0.144. The molecule has 3 aromatic rings. The molecule has 2 aromatic heterocycles. The van der Waals surface area contributed by atoms with E-state index in [1.54, 1.807) is 32.2 Å². The molecule has 0 bridgehead atoms. The number of carbonyl (C=O) groups is 1. The largest absolute Gasteiger partial charge is 0.442 e. The van der Waals surface area contributed by atoms with Crippen molar-refractivity contribution in [3.63, 3.8) is 0 Å². The fourth-order valence-electron chi connectivity index (χ4n) is 2.14. The van der Waals surface area contributed by atoms with Gasteiger partial charge >= 0.3 is 5.97 Å². The van der Waals surface area contributed by atoms with Gasteiger partial charge in [0.25, 0.3) is 5.56 Å². The molecule has 0 fully saturated rings. The molecule has 0 aliphatic rings. The predicted octanol–water partition coefficient (Wildman–Crippen LogP) is 3.47. The van der Waals surface area contributed by atoms with Gasteiger partial charge in [0.15, 0.2) is 0 Å². The maximum Gasteiger partial charge on any atom is 0.348 e. The maximum atomic E-state index is 12.5. The van der Waals surface area contributed by atoms with Gasteiger partial charge in [-0.1, -0.05) is 11.6 Å². The Morgan fingerprint density at radius 3 is 2.87 bits per heavy atom. The molecule has 0 aliphatic carbocycles. The number of furan rings is 1. The lowest BCUT2D eigenvalue weighted by atomic mass is 10.2. The van der Waals surface area contributed by atoms with Crippen molar-refractivity contribution in [1.29, 1.82) is 0 Å². The zero-order valence-corrected chi connectivity index (χ0v) is 14.4. The van der Waals surface area contributed by atoms with Crippen LogP contribution in [0.5, 0.6) is 5.75 Å². The third-order valence-electron chi connectivity index (χ3n) is 3.25. The number of benzene rings is 1. The summed E-state index contributed by atoms with van der Waals surface area (Å²) in [6.07, 6.45) is 1.33. The number of hydrogen-bond donors (Lipinski definition) is 0. The summed E-state index contributed by atoms with van der Waals surface area (Å²) in [4.78, 5) is 28.8. The van der Waals surface area contributed by atoms with Crippen LogP contribution in [0.1, 0.15) is 16.1 Å². The molecule has 3 rings (SSSR count). The standard InChI is InChI=1S/C15H10BrClN2O4/c1-7-11(12-13(22-7)18-6-19(2)14(12)20)15(21)23-10-4-3-8(17)5-9(10)16/h3-6H,1-2H3. The van der Waals surface area contributed by atoms with Crippen molar-refractivity contribution in [2.24, 2.45) is 7.05 Å². The molecule has 0 saturated heterocycles. The SMILES string of the molecule is Cc1oc2ncn(C)c(=O)c2c1C(=O)Oc1ccc(Cl)cc1Br.